The summed E-state index contributed by atoms with van der Waals surface area (Å²) in [5.41, 5.74) is 1.09. The minimum Gasteiger partial charge on any atom is -0.351 e. The van der Waals surface area contributed by atoms with E-state index < -0.39 is 0 Å². The molecule has 0 aliphatic rings. The average molecular weight is 262 g/mol. The van der Waals surface area contributed by atoms with Crippen LogP contribution in [0.4, 0.5) is 0 Å². The Morgan fingerprint density at radius 2 is 2.22 bits per heavy atom. The van der Waals surface area contributed by atoms with Crippen molar-refractivity contribution in [2.45, 2.75) is 18.7 Å². The van der Waals surface area contributed by atoms with Crippen LogP contribution in [0.5, 0.6) is 0 Å². The molecular weight excluding hydrogens is 248 g/mol. The molecule has 0 saturated heterocycles. The number of amides is 1. The molecule has 0 aliphatic heterocycles. The van der Waals surface area contributed by atoms with E-state index in [1.54, 1.807) is 10.4 Å². The highest BCUT2D eigenvalue weighted by Gasteiger charge is 2.14. The number of aromatic nitrogens is 3. The molecule has 0 spiro atoms. The quantitative estimate of drug-likeness (QED) is 0.886. The summed E-state index contributed by atoms with van der Waals surface area (Å²) in [5, 5.41) is 6.62. The van der Waals surface area contributed by atoms with Gasteiger partial charge in [-0.25, -0.2) is 4.98 Å². The zero-order valence-electron chi connectivity index (χ0n) is 9.98. The van der Waals surface area contributed by atoms with E-state index in [-0.39, 0.29) is 11.2 Å². The van der Waals surface area contributed by atoms with E-state index in [1.807, 2.05) is 37.3 Å². The number of carbonyl (C=O) groups excluding carboxylic acids is 1. The summed E-state index contributed by atoms with van der Waals surface area (Å²) in [7, 11) is 0. The first kappa shape index (κ1) is 12.6. The van der Waals surface area contributed by atoms with Gasteiger partial charge in [-0.1, -0.05) is 30.3 Å². The summed E-state index contributed by atoms with van der Waals surface area (Å²) in [6, 6.07) is 9.82. The van der Waals surface area contributed by atoms with Gasteiger partial charge in [0.15, 0.2) is 0 Å². The zero-order valence-corrected chi connectivity index (χ0v) is 10.8. The number of hydrogen-bond donors (Lipinski definition) is 1. The first-order chi connectivity index (χ1) is 8.75. The third-order valence-electron chi connectivity index (χ3n) is 2.34. The lowest BCUT2D eigenvalue weighted by atomic mass is 10.2. The number of benzene rings is 1. The maximum absolute atomic E-state index is 11.8. The van der Waals surface area contributed by atoms with Crippen molar-refractivity contribution in [3.63, 3.8) is 0 Å². The fourth-order valence-corrected chi connectivity index (χ4v) is 2.10. The van der Waals surface area contributed by atoms with Crippen LogP contribution < -0.4 is 5.32 Å². The lowest BCUT2D eigenvalue weighted by Crippen LogP contribution is -2.31. The van der Waals surface area contributed by atoms with E-state index in [9.17, 15) is 4.79 Å². The van der Waals surface area contributed by atoms with Gasteiger partial charge < -0.3 is 5.32 Å². The van der Waals surface area contributed by atoms with Crippen LogP contribution in [-0.4, -0.2) is 25.3 Å². The fourth-order valence-electron chi connectivity index (χ4n) is 1.39. The van der Waals surface area contributed by atoms with E-state index in [4.69, 9.17) is 0 Å². The molecule has 0 radical (unpaired) electrons. The predicted molar refractivity (Wildman–Crippen MR) is 70.8 cm³/mol. The molecular formula is C12H14N4OS. The topological polar surface area (TPSA) is 59.8 Å². The van der Waals surface area contributed by atoms with Crippen molar-refractivity contribution in [1.82, 2.24) is 19.5 Å². The highest BCUT2D eigenvalue weighted by molar-refractivity contribution is 7.99. The van der Waals surface area contributed by atoms with Crippen molar-refractivity contribution >= 4 is 17.9 Å². The highest BCUT2D eigenvalue weighted by Crippen LogP contribution is 2.11. The van der Waals surface area contributed by atoms with E-state index in [2.05, 4.69) is 15.4 Å². The molecule has 18 heavy (non-hydrogen) atoms. The first-order valence-electron chi connectivity index (χ1n) is 5.59. The summed E-state index contributed by atoms with van der Waals surface area (Å²) < 4.78 is 1.58. The number of nitrogens with zero attached hydrogens (tertiary/aromatic N) is 3. The average Bonchev–Trinajstić information content (AvgIpc) is 2.90. The Kier molecular flexibility index (Phi) is 4.35. The molecule has 1 aromatic heterocycles. The van der Waals surface area contributed by atoms with E-state index >= 15 is 0 Å². The van der Waals surface area contributed by atoms with E-state index in [1.165, 1.54) is 18.3 Å². The molecule has 0 aliphatic carbocycles. The lowest BCUT2D eigenvalue weighted by Gasteiger charge is -2.11. The highest BCUT2D eigenvalue weighted by atomic mass is 32.2. The summed E-state index contributed by atoms with van der Waals surface area (Å²) in [6.45, 7) is 2.38. The third-order valence-corrected chi connectivity index (χ3v) is 3.28. The first-order valence-corrected chi connectivity index (χ1v) is 6.43. The molecule has 1 unspecified atom stereocenters. The lowest BCUT2D eigenvalue weighted by molar-refractivity contribution is -0.120. The predicted octanol–water partition coefficient (Wildman–Crippen LogP) is 1.48. The minimum absolute atomic E-state index is 0.0145. The summed E-state index contributed by atoms with van der Waals surface area (Å²) >= 11 is 1.32. The van der Waals surface area contributed by atoms with E-state index in [0.717, 1.165) is 5.56 Å². The van der Waals surface area contributed by atoms with Gasteiger partial charge >= 0.3 is 0 Å². The van der Waals surface area contributed by atoms with Crippen LogP contribution in [0.3, 0.4) is 0 Å². The van der Waals surface area contributed by atoms with Gasteiger partial charge in [0.1, 0.15) is 17.9 Å². The summed E-state index contributed by atoms with van der Waals surface area (Å²) in [4.78, 5) is 15.7. The Morgan fingerprint density at radius 1 is 1.44 bits per heavy atom. The SMILES string of the molecule is CC(Sn1cncn1)C(=O)NCc1ccccc1. The monoisotopic (exact) mass is 262 g/mol. The van der Waals surface area contributed by atoms with Crippen molar-refractivity contribution < 1.29 is 4.79 Å². The largest absolute Gasteiger partial charge is 0.351 e. The number of nitrogens with one attached hydrogen (secondary N) is 1. The molecule has 0 bridgehead atoms. The Balaban J connectivity index is 1.81. The molecule has 1 N–H and O–H groups in total. The van der Waals surface area contributed by atoms with Gasteiger partial charge in [0.2, 0.25) is 5.91 Å². The minimum atomic E-state index is -0.213. The van der Waals surface area contributed by atoms with Crippen molar-refractivity contribution in [1.29, 1.82) is 0 Å². The number of rotatable bonds is 5. The van der Waals surface area contributed by atoms with Gasteiger partial charge in [-0.3, -0.25) is 4.79 Å². The molecule has 1 heterocycles. The molecule has 94 valence electrons. The van der Waals surface area contributed by atoms with Gasteiger partial charge in [-0.15, -0.1) is 5.10 Å². The second-order valence-electron chi connectivity index (χ2n) is 3.75. The molecule has 0 saturated carbocycles. The Labute approximate surface area is 110 Å². The second kappa shape index (κ2) is 6.20. The zero-order chi connectivity index (χ0) is 12.8. The smallest absolute Gasteiger partial charge is 0.235 e. The summed E-state index contributed by atoms with van der Waals surface area (Å²) in [6.07, 6.45) is 3.02. The van der Waals surface area contributed by atoms with Crippen LogP contribution >= 0.6 is 11.9 Å². The Hall–Kier alpha value is -1.82. The molecule has 6 heteroatoms. The standard InChI is InChI=1S/C12H14N4OS/c1-10(18-16-9-13-8-15-16)12(17)14-7-11-5-3-2-4-6-11/h2-6,8-10H,7H2,1H3,(H,14,17). The molecule has 5 nitrogen and oxygen atoms in total. The van der Waals surface area contributed by atoms with Crippen LogP contribution in [0.1, 0.15) is 12.5 Å². The fraction of sp³-hybridized carbons (Fsp3) is 0.250. The maximum atomic E-state index is 11.8. The summed E-state index contributed by atoms with van der Waals surface area (Å²) in [5.74, 6) is -0.0145. The van der Waals surface area contributed by atoms with Crippen LogP contribution in [-0.2, 0) is 11.3 Å². The number of carbonyl (C=O) groups is 1. The van der Waals surface area contributed by atoms with Crippen molar-refractivity contribution in [3.8, 4) is 0 Å². The molecule has 1 amide bonds. The Morgan fingerprint density at radius 3 is 2.89 bits per heavy atom. The van der Waals surface area contributed by atoms with Gasteiger partial charge in [0.05, 0.1) is 0 Å². The normalized spacial score (nSPS) is 12.1. The maximum Gasteiger partial charge on any atom is 0.235 e. The van der Waals surface area contributed by atoms with Crippen LogP contribution in [0, 0.1) is 0 Å². The molecule has 2 aromatic rings. The molecule has 1 aromatic carbocycles. The Bertz CT molecular complexity index is 486. The molecule has 1 atom stereocenters. The van der Waals surface area contributed by atoms with Crippen molar-refractivity contribution in [3.05, 3.63) is 48.5 Å². The van der Waals surface area contributed by atoms with Crippen LogP contribution in [0.2, 0.25) is 0 Å². The van der Waals surface area contributed by atoms with Crippen LogP contribution in [0.15, 0.2) is 43.0 Å². The van der Waals surface area contributed by atoms with Gasteiger partial charge in [0, 0.05) is 6.54 Å². The van der Waals surface area contributed by atoms with Gasteiger partial charge in [-0.05, 0) is 24.4 Å². The molecule has 2 rings (SSSR count). The number of hydrogen-bond acceptors (Lipinski definition) is 4. The van der Waals surface area contributed by atoms with Crippen molar-refractivity contribution in [2.75, 3.05) is 0 Å². The third kappa shape index (κ3) is 3.59. The van der Waals surface area contributed by atoms with Gasteiger partial charge in [-0.2, -0.15) is 4.09 Å². The van der Waals surface area contributed by atoms with E-state index in [0.29, 0.717) is 6.54 Å². The molecule has 0 fully saturated rings. The van der Waals surface area contributed by atoms with Crippen LogP contribution in [0.25, 0.3) is 0 Å². The second-order valence-corrected chi connectivity index (χ2v) is 5.04. The van der Waals surface area contributed by atoms with Gasteiger partial charge in [0.25, 0.3) is 0 Å². The van der Waals surface area contributed by atoms with Crippen molar-refractivity contribution in [2.24, 2.45) is 0 Å².